The maximum absolute atomic E-state index is 4.51. The fraction of sp³-hybridized carbons (Fsp3) is 0.294. The average Bonchev–Trinajstić information content (AvgIpc) is 3.02. The van der Waals surface area contributed by atoms with Gasteiger partial charge in [-0.05, 0) is 13.0 Å². The molecular weight excluding hydrogens is 330 g/mol. The third-order valence-corrected chi connectivity index (χ3v) is 4.94. The summed E-state index contributed by atoms with van der Waals surface area (Å²) < 4.78 is 1.96. The van der Waals surface area contributed by atoms with Gasteiger partial charge in [-0.25, -0.2) is 15.0 Å². The molecule has 0 aliphatic carbocycles. The van der Waals surface area contributed by atoms with E-state index in [0.29, 0.717) is 6.04 Å². The van der Waals surface area contributed by atoms with Crippen molar-refractivity contribution in [3.8, 4) is 0 Å². The summed E-state index contributed by atoms with van der Waals surface area (Å²) in [5, 5.41) is 9.41. The van der Waals surface area contributed by atoms with Crippen molar-refractivity contribution >= 4 is 28.2 Å². The third kappa shape index (κ3) is 2.17. The molecule has 130 valence electrons. The van der Waals surface area contributed by atoms with Crippen LogP contribution in [0.2, 0.25) is 0 Å². The minimum Gasteiger partial charge on any atom is -0.353 e. The number of aromatic nitrogens is 7. The second kappa shape index (κ2) is 5.58. The highest BCUT2D eigenvalue weighted by atomic mass is 15.4. The summed E-state index contributed by atoms with van der Waals surface area (Å²) in [6, 6.07) is 2.30. The van der Waals surface area contributed by atoms with E-state index >= 15 is 0 Å². The molecule has 0 aromatic carbocycles. The van der Waals surface area contributed by atoms with Gasteiger partial charge in [-0.1, -0.05) is 0 Å². The molecule has 1 aliphatic rings. The van der Waals surface area contributed by atoms with Crippen LogP contribution in [0.4, 0.5) is 11.6 Å². The molecule has 0 spiro atoms. The summed E-state index contributed by atoms with van der Waals surface area (Å²) in [4.78, 5) is 21.8. The van der Waals surface area contributed by atoms with Gasteiger partial charge in [0.15, 0.2) is 5.82 Å². The zero-order valence-corrected chi connectivity index (χ0v) is 14.5. The Labute approximate surface area is 149 Å². The molecule has 26 heavy (non-hydrogen) atoms. The number of aryl methyl sites for hydroxylation is 1. The Hall–Kier alpha value is -3.36. The van der Waals surface area contributed by atoms with Crippen LogP contribution in [0.1, 0.15) is 5.82 Å². The summed E-state index contributed by atoms with van der Waals surface area (Å²) >= 11 is 0. The lowest BCUT2D eigenvalue weighted by Crippen LogP contribution is -2.59. The van der Waals surface area contributed by atoms with Gasteiger partial charge >= 0.3 is 0 Å². The lowest BCUT2D eigenvalue weighted by molar-refractivity contribution is 0.491. The van der Waals surface area contributed by atoms with Gasteiger partial charge in [0, 0.05) is 44.1 Å². The van der Waals surface area contributed by atoms with Crippen molar-refractivity contribution in [1.82, 2.24) is 34.5 Å². The molecule has 0 bridgehead atoms. The fourth-order valence-corrected chi connectivity index (χ4v) is 3.37. The summed E-state index contributed by atoms with van der Waals surface area (Å²) in [7, 11) is 2.07. The first-order valence-corrected chi connectivity index (χ1v) is 8.41. The minimum absolute atomic E-state index is 0.340. The molecule has 0 radical (unpaired) electrons. The largest absolute Gasteiger partial charge is 0.353 e. The number of nitrogens with zero attached hydrogens (tertiary/aromatic N) is 9. The Morgan fingerprint density at radius 3 is 2.88 bits per heavy atom. The molecule has 4 aromatic rings. The maximum Gasteiger partial charge on any atom is 0.203 e. The predicted octanol–water partition coefficient (Wildman–Crippen LogP) is 1.10. The highest BCUT2D eigenvalue weighted by molar-refractivity contribution is 5.88. The van der Waals surface area contributed by atoms with Crippen molar-refractivity contribution in [3.05, 3.63) is 43.0 Å². The van der Waals surface area contributed by atoms with E-state index in [0.717, 1.165) is 47.1 Å². The highest BCUT2D eigenvalue weighted by Crippen LogP contribution is 2.29. The lowest BCUT2D eigenvalue weighted by atomic mass is 10.1. The number of fused-ring (bicyclic) bond motifs is 2. The second-order valence-corrected chi connectivity index (χ2v) is 6.45. The molecular formula is C17H17N9. The van der Waals surface area contributed by atoms with Gasteiger partial charge in [0.2, 0.25) is 5.65 Å². The summed E-state index contributed by atoms with van der Waals surface area (Å²) in [6.07, 6.45) is 8.81. The van der Waals surface area contributed by atoms with E-state index in [2.05, 4.69) is 47.0 Å². The highest BCUT2D eigenvalue weighted by Gasteiger charge is 2.33. The molecule has 1 saturated heterocycles. The molecule has 0 amide bonds. The zero-order chi connectivity index (χ0) is 17.7. The Bertz CT molecular complexity index is 1090. The zero-order valence-electron chi connectivity index (χ0n) is 14.5. The molecule has 0 unspecified atom stereocenters. The van der Waals surface area contributed by atoms with Gasteiger partial charge in [-0.2, -0.15) is 0 Å². The minimum atomic E-state index is 0.340. The van der Waals surface area contributed by atoms with Crippen LogP contribution in [0.25, 0.3) is 16.6 Å². The van der Waals surface area contributed by atoms with Crippen molar-refractivity contribution in [2.75, 3.05) is 29.9 Å². The van der Waals surface area contributed by atoms with E-state index in [1.807, 2.05) is 23.6 Å². The van der Waals surface area contributed by atoms with Crippen molar-refractivity contribution < 1.29 is 0 Å². The van der Waals surface area contributed by atoms with Gasteiger partial charge in [-0.15, -0.1) is 10.2 Å². The van der Waals surface area contributed by atoms with Gasteiger partial charge in [0.25, 0.3) is 0 Å². The van der Waals surface area contributed by atoms with Crippen LogP contribution in [-0.2, 0) is 0 Å². The first-order valence-electron chi connectivity index (χ1n) is 8.41. The van der Waals surface area contributed by atoms with Crippen LogP contribution >= 0.6 is 0 Å². The first kappa shape index (κ1) is 14.9. The van der Waals surface area contributed by atoms with Gasteiger partial charge in [0.05, 0.1) is 17.8 Å². The SMILES string of the molecule is Cc1nnc2c(N3CC(N(C)c4ncnc5cnccc45)C3)nccn12. The molecule has 9 heteroatoms. The second-order valence-electron chi connectivity index (χ2n) is 6.45. The van der Waals surface area contributed by atoms with Crippen LogP contribution in [0.15, 0.2) is 37.2 Å². The lowest BCUT2D eigenvalue weighted by Gasteiger charge is -2.45. The smallest absolute Gasteiger partial charge is 0.203 e. The molecule has 9 nitrogen and oxygen atoms in total. The first-order chi connectivity index (χ1) is 12.7. The van der Waals surface area contributed by atoms with E-state index < -0.39 is 0 Å². The van der Waals surface area contributed by atoms with E-state index in [4.69, 9.17) is 0 Å². The molecule has 5 heterocycles. The predicted molar refractivity (Wildman–Crippen MR) is 97.3 cm³/mol. The Kier molecular flexibility index (Phi) is 3.21. The number of hydrogen-bond donors (Lipinski definition) is 0. The van der Waals surface area contributed by atoms with Gasteiger partial charge in [0.1, 0.15) is 18.0 Å². The van der Waals surface area contributed by atoms with Gasteiger partial charge < -0.3 is 9.80 Å². The molecule has 0 N–H and O–H groups in total. The van der Waals surface area contributed by atoms with Crippen molar-refractivity contribution in [2.24, 2.45) is 0 Å². The number of hydrogen-bond acceptors (Lipinski definition) is 8. The summed E-state index contributed by atoms with van der Waals surface area (Å²) in [5.41, 5.74) is 1.65. The average molecular weight is 347 g/mol. The quantitative estimate of drug-likeness (QED) is 0.544. The van der Waals surface area contributed by atoms with Gasteiger partial charge in [-0.3, -0.25) is 9.38 Å². The van der Waals surface area contributed by atoms with Crippen LogP contribution in [0, 0.1) is 6.92 Å². The topological polar surface area (TPSA) is 88.2 Å². The standard InChI is InChI=1S/C17H17N9/c1-11-22-23-17-16(19-5-6-26(11)17)25-8-12(9-25)24(2)15-13-3-4-18-7-14(13)20-10-21-15/h3-7,10,12H,8-9H2,1-2H3. The normalized spacial score (nSPS) is 14.8. The monoisotopic (exact) mass is 347 g/mol. The molecule has 1 fully saturated rings. The molecule has 4 aromatic heterocycles. The van der Waals surface area contributed by atoms with Crippen LogP contribution in [-0.4, -0.2) is 60.7 Å². The number of likely N-dealkylation sites (N-methyl/N-ethyl adjacent to an activating group) is 1. The van der Waals surface area contributed by atoms with Crippen molar-refractivity contribution in [3.63, 3.8) is 0 Å². The summed E-state index contributed by atoms with van der Waals surface area (Å²) in [5.74, 6) is 2.65. The van der Waals surface area contributed by atoms with Crippen LogP contribution in [0.3, 0.4) is 0 Å². The van der Waals surface area contributed by atoms with E-state index in [-0.39, 0.29) is 0 Å². The van der Waals surface area contributed by atoms with Crippen LogP contribution in [0.5, 0.6) is 0 Å². The maximum atomic E-state index is 4.51. The molecule has 5 rings (SSSR count). The third-order valence-electron chi connectivity index (χ3n) is 4.94. The van der Waals surface area contributed by atoms with E-state index in [1.54, 1.807) is 24.9 Å². The Balaban J connectivity index is 1.41. The molecule has 1 aliphatic heterocycles. The van der Waals surface area contributed by atoms with Crippen molar-refractivity contribution in [1.29, 1.82) is 0 Å². The Morgan fingerprint density at radius 2 is 2.00 bits per heavy atom. The molecule has 0 saturated carbocycles. The number of rotatable bonds is 3. The molecule has 0 atom stereocenters. The fourth-order valence-electron chi connectivity index (χ4n) is 3.37. The van der Waals surface area contributed by atoms with Crippen LogP contribution < -0.4 is 9.80 Å². The summed E-state index contributed by atoms with van der Waals surface area (Å²) in [6.45, 7) is 3.64. The number of anilines is 2. The van der Waals surface area contributed by atoms with Crippen molar-refractivity contribution in [2.45, 2.75) is 13.0 Å². The Morgan fingerprint density at radius 1 is 1.12 bits per heavy atom. The number of pyridine rings is 1. The van der Waals surface area contributed by atoms with E-state index in [1.165, 1.54) is 0 Å². The van der Waals surface area contributed by atoms with E-state index in [9.17, 15) is 0 Å².